The van der Waals surface area contributed by atoms with Crippen LogP contribution in [-0.2, 0) is 20.7 Å². The van der Waals surface area contributed by atoms with Gasteiger partial charge in [0.1, 0.15) is 6.04 Å². The summed E-state index contributed by atoms with van der Waals surface area (Å²) in [6.45, 7) is 6.51. The highest BCUT2D eigenvalue weighted by Gasteiger charge is 2.25. The van der Waals surface area contributed by atoms with E-state index < -0.39 is 24.4 Å². The molecule has 1 aliphatic heterocycles. The number of esters is 1. The van der Waals surface area contributed by atoms with Crippen LogP contribution in [0.3, 0.4) is 0 Å². The van der Waals surface area contributed by atoms with Gasteiger partial charge in [-0.05, 0) is 57.4 Å². The molecule has 1 amide bonds. The number of carbonyl (C=O) groups is 2. The number of unbranched alkanes of at least 4 members (excludes halogenated alkanes) is 1. The minimum atomic E-state index is -1.03. The first-order valence-electron chi connectivity index (χ1n) is 10.4. The van der Waals surface area contributed by atoms with Gasteiger partial charge in [0.2, 0.25) is 13.1 Å². The second-order valence-electron chi connectivity index (χ2n) is 7.31. The Bertz CT molecular complexity index is 714. The van der Waals surface area contributed by atoms with E-state index in [9.17, 15) is 9.59 Å². The Morgan fingerprint density at radius 3 is 2.60 bits per heavy atom. The summed E-state index contributed by atoms with van der Waals surface area (Å²) >= 11 is 0. The van der Waals surface area contributed by atoms with Gasteiger partial charge in [0.25, 0.3) is 0 Å². The van der Waals surface area contributed by atoms with E-state index in [4.69, 9.17) is 30.4 Å². The Balaban J connectivity index is 1.84. The molecule has 30 heavy (non-hydrogen) atoms. The van der Waals surface area contributed by atoms with E-state index in [0.29, 0.717) is 31.7 Å². The Morgan fingerprint density at radius 2 is 1.90 bits per heavy atom. The van der Waals surface area contributed by atoms with Crippen molar-refractivity contribution in [2.75, 3.05) is 19.9 Å². The topological polar surface area (TPSA) is 126 Å². The van der Waals surface area contributed by atoms with E-state index in [1.165, 1.54) is 6.92 Å². The Labute approximate surface area is 177 Å². The first-order chi connectivity index (χ1) is 14.3. The molecule has 1 aromatic carbocycles. The van der Waals surface area contributed by atoms with Crippen LogP contribution in [0.4, 0.5) is 4.79 Å². The Morgan fingerprint density at radius 1 is 1.17 bits per heavy atom. The zero-order valence-corrected chi connectivity index (χ0v) is 18.0. The van der Waals surface area contributed by atoms with Crippen LogP contribution in [0.2, 0.25) is 0 Å². The van der Waals surface area contributed by atoms with Gasteiger partial charge in [0.05, 0.1) is 0 Å². The first kappa shape index (κ1) is 23.8. The molecule has 0 saturated carbocycles. The molecule has 0 aromatic heterocycles. The van der Waals surface area contributed by atoms with Gasteiger partial charge in [-0.15, -0.1) is 0 Å². The summed E-state index contributed by atoms with van der Waals surface area (Å²) < 4.78 is 21.2. The lowest BCUT2D eigenvalue weighted by atomic mass is 10.1. The maximum absolute atomic E-state index is 12.6. The minimum absolute atomic E-state index is 0.135. The average Bonchev–Trinajstić information content (AvgIpc) is 3.16. The zero-order valence-electron chi connectivity index (χ0n) is 18.0. The lowest BCUT2D eigenvalue weighted by molar-refractivity contribution is -0.168. The highest BCUT2D eigenvalue weighted by atomic mass is 16.7. The molecule has 1 aromatic rings. The molecule has 4 N–H and O–H groups in total. The first-order valence-corrected chi connectivity index (χ1v) is 10.4. The summed E-state index contributed by atoms with van der Waals surface area (Å²) in [6.07, 6.45) is 1.03. The van der Waals surface area contributed by atoms with Crippen molar-refractivity contribution in [3.63, 3.8) is 0 Å². The second kappa shape index (κ2) is 11.6. The molecule has 1 heterocycles. The molecular weight excluding hydrogens is 390 g/mol. The fourth-order valence-electron chi connectivity index (χ4n) is 3.25. The summed E-state index contributed by atoms with van der Waals surface area (Å²) in [5.74, 6) is 0.826. The number of rotatable bonds is 11. The minimum Gasteiger partial charge on any atom is -0.454 e. The van der Waals surface area contributed by atoms with Crippen LogP contribution in [0, 0.1) is 0 Å². The lowest BCUT2D eigenvalue weighted by Gasteiger charge is -2.29. The Hall–Kier alpha value is -2.52. The van der Waals surface area contributed by atoms with Gasteiger partial charge in [-0.1, -0.05) is 12.5 Å². The van der Waals surface area contributed by atoms with E-state index in [0.717, 1.165) is 24.2 Å². The number of ether oxygens (including phenoxy) is 4. The van der Waals surface area contributed by atoms with Crippen molar-refractivity contribution in [3.05, 3.63) is 23.8 Å². The zero-order chi connectivity index (χ0) is 22.1. The number of hydrogen-bond acceptors (Lipinski definition) is 8. The fraction of sp³-hybridized carbons (Fsp3) is 0.619. The van der Waals surface area contributed by atoms with Crippen LogP contribution in [0.15, 0.2) is 18.2 Å². The number of hydrogen-bond donors (Lipinski definition) is 2. The molecule has 0 spiro atoms. The summed E-state index contributed by atoms with van der Waals surface area (Å²) in [6, 6.07) is 4.82. The predicted molar refractivity (Wildman–Crippen MR) is 111 cm³/mol. The van der Waals surface area contributed by atoms with Crippen molar-refractivity contribution in [1.82, 2.24) is 4.90 Å². The van der Waals surface area contributed by atoms with Crippen LogP contribution >= 0.6 is 0 Å². The molecule has 3 unspecified atom stereocenters. The molecule has 9 nitrogen and oxygen atoms in total. The van der Waals surface area contributed by atoms with E-state index in [1.807, 2.05) is 32.0 Å². The summed E-state index contributed by atoms with van der Waals surface area (Å²) in [5.41, 5.74) is 12.3. The summed E-state index contributed by atoms with van der Waals surface area (Å²) in [7, 11) is 0. The van der Waals surface area contributed by atoms with Crippen molar-refractivity contribution in [2.24, 2.45) is 11.5 Å². The molecule has 2 rings (SSSR count). The number of likely N-dealkylation sites (N-methyl/N-ethyl adjacent to an activating group) is 1. The third-order valence-corrected chi connectivity index (χ3v) is 4.90. The predicted octanol–water partition coefficient (Wildman–Crippen LogP) is 2.15. The molecule has 0 aliphatic carbocycles. The van der Waals surface area contributed by atoms with Gasteiger partial charge < -0.3 is 35.3 Å². The number of amides is 1. The van der Waals surface area contributed by atoms with Crippen molar-refractivity contribution >= 4 is 12.1 Å². The van der Waals surface area contributed by atoms with Crippen molar-refractivity contribution in [2.45, 2.75) is 64.8 Å². The van der Waals surface area contributed by atoms with Crippen LogP contribution in [0.1, 0.15) is 45.6 Å². The van der Waals surface area contributed by atoms with E-state index in [1.54, 1.807) is 4.90 Å². The van der Waals surface area contributed by atoms with Crippen molar-refractivity contribution in [3.8, 4) is 11.5 Å². The summed E-state index contributed by atoms with van der Waals surface area (Å²) in [5, 5.41) is 0. The van der Waals surface area contributed by atoms with Gasteiger partial charge in [0, 0.05) is 19.5 Å². The van der Waals surface area contributed by atoms with Gasteiger partial charge in [0.15, 0.2) is 11.5 Å². The van der Waals surface area contributed by atoms with Crippen LogP contribution in [-0.4, -0.2) is 55.2 Å². The van der Waals surface area contributed by atoms with E-state index >= 15 is 0 Å². The normalized spacial score (nSPS) is 15.2. The number of nitrogens with zero attached hydrogens (tertiary/aromatic N) is 1. The number of nitrogens with two attached hydrogens (primary N) is 2. The van der Waals surface area contributed by atoms with E-state index in [2.05, 4.69) is 0 Å². The maximum atomic E-state index is 12.6. The van der Waals surface area contributed by atoms with Crippen molar-refractivity contribution < 1.29 is 28.5 Å². The molecular formula is C21H33N3O6. The standard InChI is InChI=1S/C21H33N3O6/c1-4-24(14(2)11-16-8-9-18-19(12-16)28-13-27-18)21(26)30-15(3)29-20(25)17(23)7-5-6-10-22/h8-9,12,14-15,17H,4-7,10-11,13,22-23H2,1-3H3. The van der Waals surface area contributed by atoms with Gasteiger partial charge in [-0.3, -0.25) is 4.79 Å². The highest BCUT2D eigenvalue weighted by molar-refractivity contribution is 5.75. The SMILES string of the molecule is CCN(C(=O)OC(C)OC(=O)C(N)CCCCN)C(C)Cc1ccc2c(c1)OCO2. The monoisotopic (exact) mass is 423 g/mol. The van der Waals surface area contributed by atoms with Crippen LogP contribution in [0.25, 0.3) is 0 Å². The molecule has 0 radical (unpaired) electrons. The van der Waals surface area contributed by atoms with E-state index in [-0.39, 0.29) is 12.8 Å². The van der Waals surface area contributed by atoms with Gasteiger partial charge >= 0.3 is 12.1 Å². The molecule has 9 heteroatoms. The third kappa shape index (κ3) is 6.77. The highest BCUT2D eigenvalue weighted by Crippen LogP contribution is 2.33. The largest absolute Gasteiger partial charge is 0.454 e. The van der Waals surface area contributed by atoms with Gasteiger partial charge in [-0.25, -0.2) is 4.79 Å². The average molecular weight is 424 g/mol. The fourth-order valence-corrected chi connectivity index (χ4v) is 3.25. The number of fused-ring (bicyclic) bond motifs is 1. The number of carbonyl (C=O) groups excluding carboxylic acids is 2. The molecule has 168 valence electrons. The molecule has 0 bridgehead atoms. The van der Waals surface area contributed by atoms with Crippen LogP contribution in [0.5, 0.6) is 11.5 Å². The molecule has 0 fully saturated rings. The maximum Gasteiger partial charge on any atom is 0.413 e. The Kier molecular flexibility index (Phi) is 9.19. The molecule has 3 atom stereocenters. The summed E-state index contributed by atoms with van der Waals surface area (Å²) in [4.78, 5) is 26.2. The number of benzene rings is 1. The molecule has 1 aliphatic rings. The quantitative estimate of drug-likeness (QED) is 0.315. The smallest absolute Gasteiger partial charge is 0.413 e. The van der Waals surface area contributed by atoms with Gasteiger partial charge in [-0.2, -0.15) is 0 Å². The molecule has 0 saturated heterocycles. The second-order valence-corrected chi connectivity index (χ2v) is 7.31. The van der Waals surface area contributed by atoms with Crippen LogP contribution < -0.4 is 20.9 Å². The van der Waals surface area contributed by atoms with Crippen molar-refractivity contribution in [1.29, 1.82) is 0 Å². The lowest BCUT2D eigenvalue weighted by Crippen LogP contribution is -2.42. The third-order valence-electron chi connectivity index (χ3n) is 4.90.